The molecular formula is C15H17N5O2. The van der Waals surface area contributed by atoms with Gasteiger partial charge in [-0.15, -0.1) is 0 Å². The molecule has 2 heterocycles. The Hall–Kier alpha value is -2.57. The van der Waals surface area contributed by atoms with Crippen LogP contribution in [0.5, 0.6) is 0 Å². The highest BCUT2D eigenvalue weighted by Crippen LogP contribution is 2.38. The van der Waals surface area contributed by atoms with Gasteiger partial charge in [0, 0.05) is 18.3 Å². The zero-order valence-electron chi connectivity index (χ0n) is 12.3. The van der Waals surface area contributed by atoms with Crippen molar-refractivity contribution in [1.29, 1.82) is 0 Å². The molecule has 7 nitrogen and oxygen atoms in total. The fourth-order valence-electron chi connectivity index (χ4n) is 2.26. The first-order chi connectivity index (χ1) is 10.6. The van der Waals surface area contributed by atoms with Crippen LogP contribution in [0.1, 0.15) is 48.9 Å². The lowest BCUT2D eigenvalue weighted by molar-refractivity contribution is 0.121. The molecule has 114 valence electrons. The summed E-state index contributed by atoms with van der Waals surface area (Å²) in [6.45, 7) is 1.92. The van der Waals surface area contributed by atoms with Crippen LogP contribution in [0.2, 0.25) is 0 Å². The topological polar surface area (TPSA) is 92.1 Å². The maximum absolute atomic E-state index is 11.5. The number of carbonyl (C=O) groups is 1. The summed E-state index contributed by atoms with van der Waals surface area (Å²) in [7, 11) is 0. The first-order valence-corrected chi connectivity index (χ1v) is 7.24. The molecule has 0 radical (unpaired) electrons. The van der Waals surface area contributed by atoms with Gasteiger partial charge in [-0.2, -0.15) is 10.2 Å². The fourth-order valence-corrected chi connectivity index (χ4v) is 2.26. The van der Waals surface area contributed by atoms with E-state index >= 15 is 0 Å². The number of hydrogen-bond acceptors (Lipinski definition) is 5. The highest BCUT2D eigenvalue weighted by Gasteiger charge is 2.26. The quantitative estimate of drug-likeness (QED) is 0.911. The molecule has 1 amide bonds. The molecule has 0 bridgehead atoms. The van der Waals surface area contributed by atoms with E-state index in [0.717, 1.165) is 18.5 Å². The molecule has 0 spiro atoms. The van der Waals surface area contributed by atoms with Crippen LogP contribution >= 0.6 is 0 Å². The number of aromatic nitrogens is 4. The Morgan fingerprint density at radius 1 is 1.32 bits per heavy atom. The van der Waals surface area contributed by atoms with Crippen LogP contribution in [0.15, 0.2) is 30.6 Å². The van der Waals surface area contributed by atoms with E-state index in [4.69, 9.17) is 0 Å². The SMILES string of the molecule is CC(c1ncccn1)N(Cc1ccc(C2CC2)nn1)C(=O)O. The average Bonchev–Trinajstić information content (AvgIpc) is 3.38. The van der Waals surface area contributed by atoms with Gasteiger partial charge in [-0.1, -0.05) is 0 Å². The largest absolute Gasteiger partial charge is 0.465 e. The molecule has 0 aliphatic heterocycles. The molecule has 1 unspecified atom stereocenters. The van der Waals surface area contributed by atoms with E-state index in [1.165, 1.54) is 4.90 Å². The van der Waals surface area contributed by atoms with Gasteiger partial charge in [-0.3, -0.25) is 4.90 Å². The van der Waals surface area contributed by atoms with Crippen molar-refractivity contribution in [1.82, 2.24) is 25.1 Å². The third kappa shape index (κ3) is 3.19. The van der Waals surface area contributed by atoms with Crippen molar-refractivity contribution in [3.63, 3.8) is 0 Å². The Balaban J connectivity index is 1.75. The summed E-state index contributed by atoms with van der Waals surface area (Å²) < 4.78 is 0. The molecule has 1 aliphatic carbocycles. The van der Waals surface area contributed by atoms with Crippen LogP contribution in [-0.4, -0.2) is 36.3 Å². The molecular weight excluding hydrogens is 282 g/mol. The van der Waals surface area contributed by atoms with Crippen molar-refractivity contribution in [2.75, 3.05) is 0 Å². The highest BCUT2D eigenvalue weighted by atomic mass is 16.4. The lowest BCUT2D eigenvalue weighted by Crippen LogP contribution is -2.33. The van der Waals surface area contributed by atoms with Crippen LogP contribution in [0.4, 0.5) is 4.79 Å². The summed E-state index contributed by atoms with van der Waals surface area (Å²) in [4.78, 5) is 21.0. The smallest absolute Gasteiger partial charge is 0.408 e. The number of nitrogens with zero attached hydrogens (tertiary/aromatic N) is 5. The molecule has 1 saturated carbocycles. The third-order valence-electron chi connectivity index (χ3n) is 3.74. The van der Waals surface area contributed by atoms with Crippen LogP contribution in [-0.2, 0) is 6.54 Å². The Kier molecular flexibility index (Phi) is 3.95. The van der Waals surface area contributed by atoms with Crippen molar-refractivity contribution >= 4 is 6.09 Å². The second-order valence-electron chi connectivity index (χ2n) is 5.42. The summed E-state index contributed by atoms with van der Waals surface area (Å²) in [6, 6.07) is 5.02. The normalized spacial score (nSPS) is 15.3. The van der Waals surface area contributed by atoms with Gasteiger partial charge in [0.25, 0.3) is 0 Å². The molecule has 1 N–H and O–H groups in total. The zero-order valence-corrected chi connectivity index (χ0v) is 12.3. The van der Waals surface area contributed by atoms with Crippen LogP contribution in [0, 0.1) is 0 Å². The molecule has 0 aromatic carbocycles. The van der Waals surface area contributed by atoms with E-state index in [9.17, 15) is 9.90 Å². The molecule has 2 aromatic heterocycles. The van der Waals surface area contributed by atoms with Gasteiger partial charge in [0.15, 0.2) is 5.82 Å². The third-order valence-corrected chi connectivity index (χ3v) is 3.74. The minimum absolute atomic E-state index is 0.159. The van der Waals surface area contributed by atoms with Crippen molar-refractivity contribution in [3.05, 3.63) is 47.8 Å². The van der Waals surface area contributed by atoms with Gasteiger partial charge in [0.05, 0.1) is 24.0 Å². The molecule has 22 heavy (non-hydrogen) atoms. The van der Waals surface area contributed by atoms with E-state index in [2.05, 4.69) is 20.2 Å². The molecule has 1 aliphatic rings. The maximum Gasteiger partial charge on any atom is 0.408 e. The van der Waals surface area contributed by atoms with Gasteiger partial charge in [0.1, 0.15) is 0 Å². The van der Waals surface area contributed by atoms with E-state index in [-0.39, 0.29) is 6.54 Å². The predicted molar refractivity (Wildman–Crippen MR) is 78.0 cm³/mol. The van der Waals surface area contributed by atoms with Gasteiger partial charge < -0.3 is 5.11 Å². The molecule has 2 aromatic rings. The van der Waals surface area contributed by atoms with E-state index in [1.807, 2.05) is 12.1 Å². The number of amides is 1. The van der Waals surface area contributed by atoms with Crippen LogP contribution in [0.25, 0.3) is 0 Å². The lowest BCUT2D eigenvalue weighted by Gasteiger charge is -2.24. The molecule has 3 rings (SSSR count). The highest BCUT2D eigenvalue weighted by molar-refractivity contribution is 5.65. The summed E-state index contributed by atoms with van der Waals surface area (Å²) in [5.41, 5.74) is 1.61. The van der Waals surface area contributed by atoms with Gasteiger partial charge in [-0.25, -0.2) is 14.8 Å². The number of carboxylic acid groups (broad SMARTS) is 1. The Labute approximate surface area is 128 Å². The van der Waals surface area contributed by atoms with Crippen molar-refractivity contribution in [2.45, 2.75) is 38.3 Å². The summed E-state index contributed by atoms with van der Waals surface area (Å²) in [5.74, 6) is 1.00. The van der Waals surface area contributed by atoms with E-state index in [0.29, 0.717) is 17.4 Å². The molecule has 1 atom stereocenters. The Morgan fingerprint density at radius 3 is 2.59 bits per heavy atom. The maximum atomic E-state index is 11.5. The fraction of sp³-hybridized carbons (Fsp3) is 0.400. The molecule has 7 heteroatoms. The average molecular weight is 299 g/mol. The van der Waals surface area contributed by atoms with Crippen LogP contribution in [0.3, 0.4) is 0 Å². The second-order valence-corrected chi connectivity index (χ2v) is 5.42. The van der Waals surface area contributed by atoms with Crippen molar-refractivity contribution < 1.29 is 9.90 Å². The Bertz CT molecular complexity index is 643. The van der Waals surface area contributed by atoms with Crippen LogP contribution < -0.4 is 0 Å². The van der Waals surface area contributed by atoms with Crippen molar-refractivity contribution in [2.24, 2.45) is 0 Å². The van der Waals surface area contributed by atoms with E-state index < -0.39 is 12.1 Å². The molecule has 0 saturated heterocycles. The summed E-state index contributed by atoms with van der Waals surface area (Å²) in [5, 5.41) is 17.8. The number of rotatable bonds is 5. The minimum Gasteiger partial charge on any atom is -0.465 e. The second kappa shape index (κ2) is 6.05. The zero-order chi connectivity index (χ0) is 15.5. The molecule has 1 fully saturated rings. The summed E-state index contributed by atoms with van der Waals surface area (Å²) in [6.07, 6.45) is 4.50. The van der Waals surface area contributed by atoms with Gasteiger partial charge in [0.2, 0.25) is 0 Å². The minimum atomic E-state index is -1.03. The van der Waals surface area contributed by atoms with Gasteiger partial charge >= 0.3 is 6.09 Å². The monoisotopic (exact) mass is 299 g/mol. The van der Waals surface area contributed by atoms with Gasteiger partial charge in [-0.05, 0) is 38.0 Å². The summed E-state index contributed by atoms with van der Waals surface area (Å²) >= 11 is 0. The standard InChI is InChI=1S/C15H17N5O2/c1-10(14-16-7-2-8-17-14)20(15(21)22)9-12-5-6-13(19-18-12)11-3-4-11/h2,5-8,10-11H,3-4,9H2,1H3,(H,21,22). The lowest BCUT2D eigenvalue weighted by atomic mass is 10.2. The van der Waals surface area contributed by atoms with Crippen molar-refractivity contribution in [3.8, 4) is 0 Å². The predicted octanol–water partition coefficient (Wildman–Crippen LogP) is 2.39. The Morgan fingerprint density at radius 2 is 2.05 bits per heavy atom. The van der Waals surface area contributed by atoms with E-state index in [1.54, 1.807) is 25.4 Å². The first kappa shape index (κ1) is 14.4. The first-order valence-electron chi connectivity index (χ1n) is 7.24. The number of hydrogen-bond donors (Lipinski definition) is 1.